The maximum Gasteiger partial charge on any atom is 0.339 e. The largest absolute Gasteiger partial charge is 0.493 e. The number of benzene rings is 3. The van der Waals surface area contributed by atoms with Gasteiger partial charge in [-0.05, 0) is 66.4 Å². The fourth-order valence-corrected chi connectivity index (χ4v) is 2.78. The number of hydrogen-bond donors (Lipinski definition) is 1. The van der Waals surface area contributed by atoms with Gasteiger partial charge in [0.05, 0.1) is 6.61 Å². The molecule has 1 N–H and O–H groups in total. The third kappa shape index (κ3) is 4.47. The van der Waals surface area contributed by atoms with Crippen molar-refractivity contribution in [3.63, 3.8) is 0 Å². The standard InChI is InChI=1S/C23H22O4/c1-3-13-26-21-12-10-17(14-16(21)2)18-9-11-20(23(24)25)22(15-18)27-19-7-5-4-6-8-19/h4-12,14-15H,3,13H2,1-2H3,(H,24,25). The van der Waals surface area contributed by atoms with Crippen LogP contribution in [0.3, 0.4) is 0 Å². The Balaban J connectivity index is 1.95. The molecule has 0 heterocycles. The summed E-state index contributed by atoms with van der Waals surface area (Å²) in [7, 11) is 0. The Hall–Kier alpha value is -3.27. The van der Waals surface area contributed by atoms with Gasteiger partial charge in [-0.25, -0.2) is 4.79 Å². The molecule has 4 heteroatoms. The van der Waals surface area contributed by atoms with Gasteiger partial charge in [0.25, 0.3) is 0 Å². The molecular weight excluding hydrogens is 340 g/mol. The van der Waals surface area contributed by atoms with Crippen molar-refractivity contribution in [2.75, 3.05) is 6.61 Å². The smallest absolute Gasteiger partial charge is 0.339 e. The molecule has 0 aliphatic carbocycles. The number of carboxylic acid groups (broad SMARTS) is 1. The van der Waals surface area contributed by atoms with Crippen LogP contribution in [0.5, 0.6) is 17.2 Å². The lowest BCUT2D eigenvalue weighted by atomic mass is 10.0. The summed E-state index contributed by atoms with van der Waals surface area (Å²) in [6.07, 6.45) is 0.956. The van der Waals surface area contributed by atoms with Crippen LogP contribution in [0.25, 0.3) is 11.1 Å². The zero-order chi connectivity index (χ0) is 19.2. The van der Waals surface area contributed by atoms with E-state index in [0.29, 0.717) is 18.1 Å². The summed E-state index contributed by atoms with van der Waals surface area (Å²) in [5.41, 5.74) is 3.03. The molecule has 138 valence electrons. The van der Waals surface area contributed by atoms with Crippen molar-refractivity contribution in [3.05, 3.63) is 77.9 Å². The first-order valence-corrected chi connectivity index (χ1v) is 8.92. The third-order valence-electron chi connectivity index (χ3n) is 4.15. The Labute approximate surface area is 159 Å². The van der Waals surface area contributed by atoms with Crippen molar-refractivity contribution in [1.82, 2.24) is 0 Å². The van der Waals surface area contributed by atoms with Gasteiger partial charge in [-0.15, -0.1) is 0 Å². The van der Waals surface area contributed by atoms with Crippen molar-refractivity contribution in [3.8, 4) is 28.4 Å². The second kappa shape index (κ2) is 8.41. The van der Waals surface area contributed by atoms with E-state index in [-0.39, 0.29) is 5.56 Å². The summed E-state index contributed by atoms with van der Waals surface area (Å²) < 4.78 is 11.6. The molecule has 3 aromatic carbocycles. The zero-order valence-electron chi connectivity index (χ0n) is 15.4. The van der Waals surface area contributed by atoms with E-state index >= 15 is 0 Å². The van der Waals surface area contributed by atoms with E-state index in [4.69, 9.17) is 9.47 Å². The van der Waals surface area contributed by atoms with Crippen LogP contribution >= 0.6 is 0 Å². The van der Waals surface area contributed by atoms with Crippen LogP contribution in [0.15, 0.2) is 66.7 Å². The van der Waals surface area contributed by atoms with Gasteiger partial charge in [0.2, 0.25) is 0 Å². The van der Waals surface area contributed by atoms with E-state index in [0.717, 1.165) is 28.9 Å². The Morgan fingerprint density at radius 2 is 1.63 bits per heavy atom. The average molecular weight is 362 g/mol. The summed E-state index contributed by atoms with van der Waals surface area (Å²) in [6.45, 7) is 4.76. The first-order chi connectivity index (χ1) is 13.1. The molecule has 0 radical (unpaired) electrons. The number of carbonyl (C=O) groups is 1. The molecule has 0 saturated carbocycles. The fourth-order valence-electron chi connectivity index (χ4n) is 2.78. The molecule has 0 amide bonds. The number of hydrogen-bond acceptors (Lipinski definition) is 3. The fraction of sp³-hybridized carbons (Fsp3) is 0.174. The monoisotopic (exact) mass is 362 g/mol. The van der Waals surface area contributed by atoms with Gasteiger partial charge < -0.3 is 14.6 Å². The highest BCUT2D eigenvalue weighted by Crippen LogP contribution is 2.33. The first kappa shape index (κ1) is 18.5. The third-order valence-corrected chi connectivity index (χ3v) is 4.15. The summed E-state index contributed by atoms with van der Waals surface area (Å²) in [5, 5.41) is 9.47. The highest BCUT2D eigenvalue weighted by Gasteiger charge is 2.14. The van der Waals surface area contributed by atoms with Crippen molar-refractivity contribution >= 4 is 5.97 Å². The molecule has 0 atom stereocenters. The normalized spacial score (nSPS) is 10.4. The lowest BCUT2D eigenvalue weighted by Gasteiger charge is -2.13. The Bertz CT molecular complexity index is 932. The highest BCUT2D eigenvalue weighted by molar-refractivity contribution is 5.92. The lowest BCUT2D eigenvalue weighted by Crippen LogP contribution is -2.00. The topological polar surface area (TPSA) is 55.8 Å². The predicted octanol–water partition coefficient (Wildman–Crippen LogP) is 5.94. The van der Waals surface area contributed by atoms with Crippen LogP contribution in [0.4, 0.5) is 0 Å². The van der Waals surface area contributed by atoms with Crippen LogP contribution in [0.2, 0.25) is 0 Å². The van der Waals surface area contributed by atoms with Crippen LogP contribution < -0.4 is 9.47 Å². The van der Waals surface area contributed by atoms with Gasteiger partial charge in [-0.1, -0.05) is 37.3 Å². The average Bonchev–Trinajstić information content (AvgIpc) is 2.67. The molecule has 0 aromatic heterocycles. The molecule has 0 saturated heterocycles. The molecule has 3 aromatic rings. The predicted molar refractivity (Wildman–Crippen MR) is 106 cm³/mol. The summed E-state index contributed by atoms with van der Waals surface area (Å²) in [5.74, 6) is 0.752. The van der Waals surface area contributed by atoms with E-state index in [1.54, 1.807) is 30.3 Å². The van der Waals surface area contributed by atoms with Crippen molar-refractivity contribution in [2.45, 2.75) is 20.3 Å². The molecule has 4 nitrogen and oxygen atoms in total. The quantitative estimate of drug-likeness (QED) is 0.565. The molecule has 3 rings (SSSR count). The van der Waals surface area contributed by atoms with Crippen LogP contribution in [0, 0.1) is 6.92 Å². The van der Waals surface area contributed by atoms with Gasteiger partial charge in [-0.2, -0.15) is 0 Å². The molecule has 27 heavy (non-hydrogen) atoms. The number of aryl methyl sites for hydroxylation is 1. The molecule has 0 aliphatic rings. The van der Waals surface area contributed by atoms with E-state index in [1.165, 1.54) is 0 Å². The molecular formula is C23H22O4. The van der Waals surface area contributed by atoms with Gasteiger partial charge in [0.1, 0.15) is 22.8 Å². The highest BCUT2D eigenvalue weighted by atomic mass is 16.5. The second-order valence-corrected chi connectivity index (χ2v) is 6.26. The van der Waals surface area contributed by atoms with Crippen LogP contribution in [-0.2, 0) is 0 Å². The van der Waals surface area contributed by atoms with E-state index in [2.05, 4.69) is 6.92 Å². The van der Waals surface area contributed by atoms with Crippen molar-refractivity contribution < 1.29 is 19.4 Å². The van der Waals surface area contributed by atoms with Crippen molar-refractivity contribution in [2.24, 2.45) is 0 Å². The Kier molecular flexibility index (Phi) is 5.77. The minimum atomic E-state index is -1.02. The molecule has 0 unspecified atom stereocenters. The van der Waals surface area contributed by atoms with Crippen LogP contribution in [0.1, 0.15) is 29.3 Å². The Morgan fingerprint density at radius 3 is 2.30 bits per heavy atom. The van der Waals surface area contributed by atoms with Crippen molar-refractivity contribution in [1.29, 1.82) is 0 Å². The van der Waals surface area contributed by atoms with Gasteiger partial charge in [-0.3, -0.25) is 0 Å². The maximum atomic E-state index is 11.6. The summed E-state index contributed by atoms with van der Waals surface area (Å²) in [6, 6.07) is 20.2. The number of aromatic carboxylic acids is 1. The summed E-state index contributed by atoms with van der Waals surface area (Å²) >= 11 is 0. The van der Waals surface area contributed by atoms with Crippen LogP contribution in [-0.4, -0.2) is 17.7 Å². The second-order valence-electron chi connectivity index (χ2n) is 6.26. The lowest BCUT2D eigenvalue weighted by molar-refractivity contribution is 0.0694. The number of rotatable bonds is 7. The molecule has 0 fully saturated rings. The van der Waals surface area contributed by atoms with E-state index in [1.807, 2.05) is 43.3 Å². The minimum absolute atomic E-state index is 0.127. The number of carboxylic acids is 1. The first-order valence-electron chi connectivity index (χ1n) is 8.92. The SMILES string of the molecule is CCCOc1ccc(-c2ccc(C(=O)O)c(Oc3ccccc3)c2)cc1C. The maximum absolute atomic E-state index is 11.6. The number of ether oxygens (including phenoxy) is 2. The molecule has 0 aliphatic heterocycles. The van der Waals surface area contributed by atoms with E-state index in [9.17, 15) is 9.90 Å². The zero-order valence-corrected chi connectivity index (χ0v) is 15.4. The molecule has 0 bridgehead atoms. The molecule has 0 spiro atoms. The number of para-hydroxylation sites is 1. The minimum Gasteiger partial charge on any atom is -0.493 e. The summed E-state index contributed by atoms with van der Waals surface area (Å²) in [4.78, 5) is 11.6. The van der Waals surface area contributed by atoms with E-state index < -0.39 is 5.97 Å². The van der Waals surface area contributed by atoms with Gasteiger partial charge in [0, 0.05) is 0 Å². The van der Waals surface area contributed by atoms with Gasteiger partial charge in [0.15, 0.2) is 0 Å². The Morgan fingerprint density at radius 1 is 0.926 bits per heavy atom. The van der Waals surface area contributed by atoms with Gasteiger partial charge >= 0.3 is 5.97 Å².